The molecule has 0 atom stereocenters. The monoisotopic (exact) mass is 336 g/mol. The highest BCUT2D eigenvalue weighted by Crippen LogP contribution is 2.28. The van der Waals surface area contributed by atoms with Gasteiger partial charge >= 0.3 is 0 Å². The van der Waals surface area contributed by atoms with Crippen molar-refractivity contribution in [3.05, 3.63) is 66.5 Å². The average Bonchev–Trinajstić information content (AvgIpc) is 2.53. The zero-order valence-electron chi connectivity index (χ0n) is 13.9. The summed E-state index contributed by atoms with van der Waals surface area (Å²) in [5.74, 6) is 1.60. The SMILES string of the molecule is C#CCCCn1c2c(c(C)cc1=O)C(=O)c1c(C)cc(=O)[nH]c1C2=O. The van der Waals surface area contributed by atoms with Crippen LogP contribution in [-0.4, -0.2) is 21.1 Å². The van der Waals surface area contributed by atoms with Gasteiger partial charge in [-0.25, -0.2) is 0 Å². The van der Waals surface area contributed by atoms with Gasteiger partial charge in [-0.2, -0.15) is 0 Å². The van der Waals surface area contributed by atoms with Crippen LogP contribution in [0.2, 0.25) is 0 Å². The molecule has 0 radical (unpaired) electrons. The number of fused-ring (bicyclic) bond motifs is 2. The van der Waals surface area contributed by atoms with Crippen molar-refractivity contribution in [2.75, 3.05) is 0 Å². The van der Waals surface area contributed by atoms with E-state index in [4.69, 9.17) is 6.42 Å². The van der Waals surface area contributed by atoms with Crippen molar-refractivity contribution < 1.29 is 9.59 Å². The maximum absolute atomic E-state index is 13.0. The summed E-state index contributed by atoms with van der Waals surface area (Å²) in [6.45, 7) is 3.47. The maximum Gasteiger partial charge on any atom is 0.251 e. The molecule has 0 amide bonds. The van der Waals surface area contributed by atoms with Crippen molar-refractivity contribution in [2.24, 2.45) is 0 Å². The van der Waals surface area contributed by atoms with Gasteiger partial charge in [0.1, 0.15) is 11.4 Å². The Balaban J connectivity index is 2.31. The Labute approximate surface area is 143 Å². The Bertz CT molecular complexity index is 1080. The molecule has 2 aromatic heterocycles. The highest BCUT2D eigenvalue weighted by atomic mass is 16.2. The predicted molar refractivity (Wildman–Crippen MR) is 92.2 cm³/mol. The fourth-order valence-electron chi connectivity index (χ4n) is 3.25. The number of hydrogen-bond donors (Lipinski definition) is 1. The number of hydrogen-bond acceptors (Lipinski definition) is 4. The second-order valence-electron chi connectivity index (χ2n) is 6.07. The lowest BCUT2D eigenvalue weighted by Crippen LogP contribution is -2.35. The third-order valence-corrected chi connectivity index (χ3v) is 4.35. The molecule has 0 fully saturated rings. The Hall–Kier alpha value is -3.20. The summed E-state index contributed by atoms with van der Waals surface area (Å²) in [6, 6.07) is 2.64. The lowest BCUT2D eigenvalue weighted by molar-refractivity contribution is 0.0965. The molecule has 2 aromatic rings. The number of nitrogens with one attached hydrogen (secondary N) is 1. The second kappa shape index (κ2) is 6.02. The van der Waals surface area contributed by atoms with Gasteiger partial charge in [0.05, 0.1) is 11.1 Å². The summed E-state index contributed by atoms with van der Waals surface area (Å²) < 4.78 is 1.28. The molecule has 2 heterocycles. The van der Waals surface area contributed by atoms with Gasteiger partial charge in [-0.1, -0.05) is 0 Å². The summed E-state index contributed by atoms with van der Waals surface area (Å²) in [5.41, 5.74) is 0.429. The maximum atomic E-state index is 13.0. The molecule has 6 heteroatoms. The van der Waals surface area contributed by atoms with Gasteiger partial charge in [-0.3, -0.25) is 19.2 Å². The van der Waals surface area contributed by atoms with E-state index in [9.17, 15) is 19.2 Å². The van der Waals surface area contributed by atoms with Crippen molar-refractivity contribution in [2.45, 2.75) is 33.2 Å². The lowest BCUT2D eigenvalue weighted by atomic mass is 9.85. The Kier molecular flexibility index (Phi) is 4.01. The smallest absolute Gasteiger partial charge is 0.251 e. The highest BCUT2D eigenvalue weighted by molar-refractivity contribution is 6.27. The Morgan fingerprint density at radius 1 is 1.04 bits per heavy atom. The van der Waals surface area contributed by atoms with E-state index < -0.39 is 11.3 Å². The lowest BCUT2D eigenvalue weighted by Gasteiger charge is -2.23. The first-order chi connectivity index (χ1) is 11.9. The number of H-pyrrole nitrogens is 1. The number of aromatic amines is 1. The number of ketones is 2. The number of carbonyl (C=O) groups excluding carboxylic acids is 2. The molecule has 0 aliphatic heterocycles. The number of unbranched alkanes of at least 4 members (excludes halogenated alkanes) is 1. The van der Waals surface area contributed by atoms with Gasteiger partial charge in [0.15, 0.2) is 5.78 Å². The van der Waals surface area contributed by atoms with E-state index in [0.29, 0.717) is 24.0 Å². The topological polar surface area (TPSA) is 89.0 Å². The molecule has 1 N–H and O–H groups in total. The molecule has 1 aliphatic carbocycles. The van der Waals surface area contributed by atoms with E-state index in [1.165, 1.54) is 16.7 Å². The summed E-state index contributed by atoms with van der Waals surface area (Å²) in [5, 5.41) is 0. The predicted octanol–water partition coefficient (Wildman–Crippen LogP) is 1.34. The molecule has 0 bridgehead atoms. The van der Waals surface area contributed by atoms with Crippen molar-refractivity contribution in [1.82, 2.24) is 9.55 Å². The number of carbonyl (C=O) groups is 2. The Morgan fingerprint density at radius 3 is 2.40 bits per heavy atom. The molecule has 0 saturated carbocycles. The summed E-state index contributed by atoms with van der Waals surface area (Å²) in [7, 11) is 0. The van der Waals surface area contributed by atoms with E-state index in [0.717, 1.165) is 0 Å². The summed E-state index contributed by atoms with van der Waals surface area (Å²) in [4.78, 5) is 52.5. The van der Waals surface area contributed by atoms with Crippen LogP contribution in [0.1, 0.15) is 56.1 Å². The Morgan fingerprint density at radius 2 is 1.72 bits per heavy atom. The van der Waals surface area contributed by atoms with E-state index >= 15 is 0 Å². The minimum absolute atomic E-state index is 0.0285. The zero-order chi connectivity index (χ0) is 18.3. The first kappa shape index (κ1) is 16.7. The average molecular weight is 336 g/mol. The van der Waals surface area contributed by atoms with Crippen LogP contribution >= 0.6 is 0 Å². The van der Waals surface area contributed by atoms with Crippen molar-refractivity contribution in [3.63, 3.8) is 0 Å². The molecule has 0 saturated heterocycles. The van der Waals surface area contributed by atoms with Crippen LogP contribution < -0.4 is 11.1 Å². The van der Waals surface area contributed by atoms with Crippen LogP contribution in [0.25, 0.3) is 0 Å². The molecule has 25 heavy (non-hydrogen) atoms. The van der Waals surface area contributed by atoms with Gasteiger partial charge in [-0.15, -0.1) is 12.3 Å². The number of aromatic nitrogens is 2. The summed E-state index contributed by atoms with van der Waals surface area (Å²) in [6.07, 6.45) is 6.19. The van der Waals surface area contributed by atoms with Gasteiger partial charge in [-0.05, 0) is 31.4 Å². The molecular formula is C19H16N2O4. The van der Waals surface area contributed by atoms with Gasteiger partial charge in [0.25, 0.3) is 5.56 Å². The van der Waals surface area contributed by atoms with Crippen molar-refractivity contribution in [1.29, 1.82) is 0 Å². The van der Waals surface area contributed by atoms with Crippen molar-refractivity contribution in [3.8, 4) is 12.3 Å². The molecule has 3 rings (SSSR count). The number of aryl methyl sites for hydroxylation is 2. The standard InChI is InChI=1S/C19H16N2O4/c1-4-5-6-7-21-13(23)9-11(3)15-17(21)19(25)16-14(18(15)24)10(2)8-12(22)20-16/h1,8-9H,5-7H2,2-3H3,(H,20,22). The number of pyridine rings is 2. The van der Waals surface area contributed by atoms with E-state index in [2.05, 4.69) is 10.9 Å². The van der Waals surface area contributed by atoms with Crippen LogP contribution in [0, 0.1) is 26.2 Å². The molecule has 1 aliphatic rings. The van der Waals surface area contributed by atoms with E-state index in [-0.39, 0.29) is 40.4 Å². The quantitative estimate of drug-likeness (QED) is 0.577. The molecular weight excluding hydrogens is 320 g/mol. The first-order valence-electron chi connectivity index (χ1n) is 7.88. The van der Waals surface area contributed by atoms with E-state index in [1.807, 2.05) is 0 Å². The van der Waals surface area contributed by atoms with Crippen LogP contribution in [0.3, 0.4) is 0 Å². The molecule has 6 nitrogen and oxygen atoms in total. The van der Waals surface area contributed by atoms with Crippen LogP contribution in [0.15, 0.2) is 21.7 Å². The molecule has 0 aromatic carbocycles. The minimum atomic E-state index is -0.521. The number of rotatable bonds is 3. The fourth-order valence-corrected chi connectivity index (χ4v) is 3.25. The van der Waals surface area contributed by atoms with Gasteiger partial charge < -0.3 is 9.55 Å². The molecule has 0 unspecified atom stereocenters. The summed E-state index contributed by atoms with van der Waals surface area (Å²) >= 11 is 0. The van der Waals surface area contributed by atoms with Crippen LogP contribution in [-0.2, 0) is 6.54 Å². The highest BCUT2D eigenvalue weighted by Gasteiger charge is 2.35. The normalized spacial score (nSPS) is 12.5. The van der Waals surface area contributed by atoms with Gasteiger partial charge in [0, 0.05) is 25.1 Å². The zero-order valence-corrected chi connectivity index (χ0v) is 13.9. The fraction of sp³-hybridized carbons (Fsp3) is 0.263. The third-order valence-electron chi connectivity index (χ3n) is 4.35. The van der Waals surface area contributed by atoms with Crippen LogP contribution in [0.4, 0.5) is 0 Å². The second-order valence-corrected chi connectivity index (χ2v) is 6.07. The van der Waals surface area contributed by atoms with E-state index in [1.54, 1.807) is 13.8 Å². The minimum Gasteiger partial charge on any atom is -0.318 e. The number of nitrogens with zero attached hydrogens (tertiary/aromatic N) is 1. The number of terminal acetylenes is 1. The largest absolute Gasteiger partial charge is 0.318 e. The molecule has 0 spiro atoms. The van der Waals surface area contributed by atoms with Crippen molar-refractivity contribution >= 4 is 11.6 Å². The molecule has 126 valence electrons. The third kappa shape index (κ3) is 2.54. The first-order valence-corrected chi connectivity index (χ1v) is 7.88. The van der Waals surface area contributed by atoms with Crippen LogP contribution in [0.5, 0.6) is 0 Å². The van der Waals surface area contributed by atoms with Gasteiger partial charge in [0.2, 0.25) is 11.3 Å².